The van der Waals surface area contributed by atoms with Crippen LogP contribution in [-0.4, -0.2) is 64.1 Å². The molecule has 9 heteroatoms. The smallest absolute Gasteiger partial charge is 0.244 e. The largest absolute Gasteiger partial charge is 0.342 e. The molecule has 1 aromatic carbocycles. The average Bonchev–Trinajstić information content (AvgIpc) is 3.26. The van der Waals surface area contributed by atoms with Crippen molar-refractivity contribution in [1.29, 1.82) is 0 Å². The molecular weight excluding hydrogens is 384 g/mol. The van der Waals surface area contributed by atoms with E-state index in [0.29, 0.717) is 5.75 Å². The summed E-state index contributed by atoms with van der Waals surface area (Å²) in [5.41, 5.74) is 0.895. The van der Waals surface area contributed by atoms with Crippen molar-refractivity contribution in [2.24, 2.45) is 0 Å². The SMILES string of the molecule is CC(C)N(C)C(=O)[C@@H]1CSCN1S(=O)(=O)c1ccc2c(cnn2C(C)C)c1. The first-order valence-corrected chi connectivity index (χ1v) is 11.6. The Hall–Kier alpha value is -1.58. The summed E-state index contributed by atoms with van der Waals surface area (Å²) in [7, 11) is -2.05. The van der Waals surface area contributed by atoms with Gasteiger partial charge in [-0.15, -0.1) is 11.8 Å². The molecule has 0 aliphatic carbocycles. The molecular formula is C18H26N4O3S2. The summed E-state index contributed by atoms with van der Waals surface area (Å²) < 4.78 is 29.7. The van der Waals surface area contributed by atoms with Gasteiger partial charge in [-0.05, 0) is 45.9 Å². The Morgan fingerprint density at radius 2 is 2.00 bits per heavy atom. The molecule has 0 bridgehead atoms. The molecule has 27 heavy (non-hydrogen) atoms. The molecule has 7 nitrogen and oxygen atoms in total. The maximum absolute atomic E-state index is 13.2. The van der Waals surface area contributed by atoms with E-state index in [1.165, 1.54) is 16.1 Å². The van der Waals surface area contributed by atoms with E-state index in [4.69, 9.17) is 0 Å². The Morgan fingerprint density at radius 1 is 1.30 bits per heavy atom. The van der Waals surface area contributed by atoms with Crippen molar-refractivity contribution < 1.29 is 13.2 Å². The predicted molar refractivity (Wildman–Crippen MR) is 108 cm³/mol. The quantitative estimate of drug-likeness (QED) is 0.757. The van der Waals surface area contributed by atoms with E-state index in [9.17, 15) is 13.2 Å². The average molecular weight is 411 g/mol. The van der Waals surface area contributed by atoms with Gasteiger partial charge in [0, 0.05) is 30.3 Å². The van der Waals surface area contributed by atoms with Crippen LogP contribution in [0.5, 0.6) is 0 Å². The van der Waals surface area contributed by atoms with Crippen LogP contribution >= 0.6 is 11.8 Å². The monoisotopic (exact) mass is 410 g/mol. The number of hydrogen-bond acceptors (Lipinski definition) is 5. The Bertz CT molecular complexity index is 953. The van der Waals surface area contributed by atoms with Gasteiger partial charge in [-0.3, -0.25) is 9.48 Å². The molecule has 0 N–H and O–H groups in total. The highest BCUT2D eigenvalue weighted by molar-refractivity contribution is 8.00. The topological polar surface area (TPSA) is 75.5 Å². The van der Waals surface area contributed by atoms with Crippen molar-refractivity contribution in [1.82, 2.24) is 19.0 Å². The molecule has 1 aliphatic heterocycles. The fourth-order valence-corrected chi connectivity index (χ4v) is 6.26. The fourth-order valence-electron chi connectivity index (χ4n) is 3.09. The molecule has 0 spiro atoms. The van der Waals surface area contributed by atoms with E-state index in [-0.39, 0.29) is 28.8 Å². The third-order valence-electron chi connectivity index (χ3n) is 4.91. The van der Waals surface area contributed by atoms with E-state index < -0.39 is 16.1 Å². The number of amides is 1. The Kier molecular flexibility index (Phi) is 5.56. The highest BCUT2D eigenvalue weighted by Crippen LogP contribution is 2.31. The standard InChI is InChI=1S/C18H26N4O3S2/c1-12(2)20(5)18(23)17-10-26-11-21(17)27(24,25)15-6-7-16-14(8-15)9-19-22(16)13(3)4/h6-9,12-13,17H,10-11H2,1-5H3/t17-/m0/s1. The third kappa shape index (κ3) is 3.60. The highest BCUT2D eigenvalue weighted by Gasteiger charge is 2.41. The lowest BCUT2D eigenvalue weighted by molar-refractivity contribution is -0.134. The number of rotatable bonds is 5. The molecule has 1 saturated heterocycles. The molecule has 1 amide bonds. The normalized spacial score (nSPS) is 18.7. The number of fused-ring (bicyclic) bond motifs is 1. The summed E-state index contributed by atoms with van der Waals surface area (Å²) in [5.74, 6) is 0.601. The number of likely N-dealkylation sites (N-methyl/N-ethyl adjacent to an activating group) is 1. The van der Waals surface area contributed by atoms with Crippen LogP contribution in [0.25, 0.3) is 10.9 Å². The molecule has 0 radical (unpaired) electrons. The summed E-state index contributed by atoms with van der Waals surface area (Å²) in [6.07, 6.45) is 1.68. The number of sulfonamides is 1. The van der Waals surface area contributed by atoms with Gasteiger partial charge >= 0.3 is 0 Å². The van der Waals surface area contributed by atoms with E-state index in [0.717, 1.165) is 10.9 Å². The number of carbonyl (C=O) groups is 1. The van der Waals surface area contributed by atoms with Crippen LogP contribution in [0.1, 0.15) is 33.7 Å². The second-order valence-electron chi connectivity index (χ2n) is 7.35. The van der Waals surface area contributed by atoms with Gasteiger partial charge in [0.05, 0.1) is 22.5 Å². The second kappa shape index (κ2) is 7.44. The van der Waals surface area contributed by atoms with Crippen molar-refractivity contribution in [3.63, 3.8) is 0 Å². The zero-order chi connectivity index (χ0) is 19.9. The predicted octanol–water partition coefficient (Wildman–Crippen LogP) is 2.55. The maximum atomic E-state index is 13.2. The number of carbonyl (C=O) groups excluding carboxylic acids is 1. The lowest BCUT2D eigenvalue weighted by Gasteiger charge is -2.29. The van der Waals surface area contributed by atoms with Gasteiger partial charge in [-0.25, -0.2) is 8.42 Å². The summed E-state index contributed by atoms with van der Waals surface area (Å²) in [5, 5.41) is 5.12. The number of thioether (sulfide) groups is 1. The first-order chi connectivity index (χ1) is 12.6. The number of hydrogen-bond donors (Lipinski definition) is 0. The number of benzene rings is 1. The first-order valence-electron chi connectivity index (χ1n) is 8.98. The van der Waals surface area contributed by atoms with E-state index in [1.54, 1.807) is 36.3 Å². The van der Waals surface area contributed by atoms with Crippen LogP contribution in [-0.2, 0) is 14.8 Å². The zero-order valence-corrected chi connectivity index (χ0v) is 17.9. The second-order valence-corrected chi connectivity index (χ2v) is 10.2. The van der Waals surface area contributed by atoms with Crippen LogP contribution in [0.3, 0.4) is 0 Å². The molecule has 148 valence electrons. The molecule has 2 aromatic rings. The highest BCUT2D eigenvalue weighted by atomic mass is 32.2. The lowest BCUT2D eigenvalue weighted by atomic mass is 10.2. The molecule has 2 heterocycles. The van der Waals surface area contributed by atoms with Gasteiger partial charge in [0.15, 0.2) is 0 Å². The minimum Gasteiger partial charge on any atom is -0.342 e. The minimum atomic E-state index is -3.77. The first kappa shape index (κ1) is 20.2. The van der Waals surface area contributed by atoms with Crippen molar-refractivity contribution in [3.05, 3.63) is 24.4 Å². The third-order valence-corrected chi connectivity index (χ3v) is 7.94. The van der Waals surface area contributed by atoms with Crippen molar-refractivity contribution in [2.75, 3.05) is 18.7 Å². The van der Waals surface area contributed by atoms with Crippen molar-refractivity contribution in [3.8, 4) is 0 Å². The maximum Gasteiger partial charge on any atom is 0.244 e. The minimum absolute atomic E-state index is 0.0193. The van der Waals surface area contributed by atoms with E-state index >= 15 is 0 Å². The molecule has 3 rings (SSSR count). The fraction of sp³-hybridized carbons (Fsp3) is 0.556. The van der Waals surface area contributed by atoms with Crippen LogP contribution < -0.4 is 0 Å². The molecule has 1 atom stereocenters. The Balaban J connectivity index is 1.95. The Morgan fingerprint density at radius 3 is 2.63 bits per heavy atom. The van der Waals surface area contributed by atoms with Crippen LogP contribution in [0.2, 0.25) is 0 Å². The lowest BCUT2D eigenvalue weighted by Crippen LogP contribution is -2.49. The van der Waals surface area contributed by atoms with Crippen molar-refractivity contribution >= 4 is 38.6 Å². The molecule has 0 unspecified atom stereocenters. The van der Waals surface area contributed by atoms with Gasteiger partial charge in [0.25, 0.3) is 0 Å². The van der Waals surface area contributed by atoms with Gasteiger partial charge in [0.2, 0.25) is 15.9 Å². The van der Waals surface area contributed by atoms with Crippen LogP contribution in [0, 0.1) is 0 Å². The molecule has 1 aliphatic rings. The van der Waals surface area contributed by atoms with Crippen LogP contribution in [0.15, 0.2) is 29.3 Å². The number of nitrogens with zero attached hydrogens (tertiary/aromatic N) is 4. The van der Waals surface area contributed by atoms with Gasteiger partial charge in [0.1, 0.15) is 6.04 Å². The molecule has 1 aromatic heterocycles. The summed E-state index contributed by atoms with van der Waals surface area (Å²) in [6, 6.07) is 4.58. The van der Waals surface area contributed by atoms with Crippen molar-refractivity contribution in [2.45, 2.75) is 50.7 Å². The van der Waals surface area contributed by atoms with Gasteiger partial charge in [-0.1, -0.05) is 0 Å². The van der Waals surface area contributed by atoms with E-state index in [1.807, 2.05) is 32.4 Å². The molecule has 0 saturated carbocycles. The summed E-state index contributed by atoms with van der Waals surface area (Å²) in [6.45, 7) is 7.89. The summed E-state index contributed by atoms with van der Waals surface area (Å²) in [4.78, 5) is 14.6. The number of aromatic nitrogens is 2. The summed E-state index contributed by atoms with van der Waals surface area (Å²) >= 11 is 1.46. The van der Waals surface area contributed by atoms with Crippen LogP contribution in [0.4, 0.5) is 0 Å². The molecule has 1 fully saturated rings. The van der Waals surface area contributed by atoms with E-state index in [2.05, 4.69) is 5.10 Å². The van der Waals surface area contributed by atoms with Gasteiger partial charge < -0.3 is 4.90 Å². The van der Waals surface area contributed by atoms with Gasteiger partial charge in [-0.2, -0.15) is 9.40 Å². The Labute approximate surface area is 164 Å². The zero-order valence-electron chi connectivity index (χ0n) is 16.3.